The molecular weight excluding hydrogens is 378 g/mol. The minimum atomic E-state index is -0.0704. The fraction of sp³-hybridized carbons (Fsp3) is 0.0769. The van der Waals surface area contributed by atoms with E-state index in [1.807, 2.05) is 92.7 Å². The number of carbonyl (C=O) groups excluding carboxylic acids is 1. The topological polar surface area (TPSA) is 30.0 Å². The van der Waals surface area contributed by atoms with Crippen LogP contribution in [-0.4, -0.2) is 10.8 Å². The van der Waals surface area contributed by atoms with Gasteiger partial charge in [-0.2, -0.15) is 0 Å². The zero-order valence-corrected chi connectivity index (χ0v) is 17.1. The largest absolute Gasteiger partial charge is 0.289 e. The molecule has 3 aromatic carbocycles. The highest BCUT2D eigenvalue weighted by Gasteiger charge is 2.19. The summed E-state index contributed by atoms with van der Waals surface area (Å²) < 4.78 is 0. The van der Waals surface area contributed by atoms with E-state index in [1.54, 1.807) is 6.08 Å². The summed E-state index contributed by atoms with van der Waals surface area (Å²) in [6.45, 7) is 3.92. The van der Waals surface area contributed by atoms with E-state index in [0.717, 1.165) is 33.2 Å². The Balaban J connectivity index is 1.93. The minimum Gasteiger partial charge on any atom is -0.289 e. The fourth-order valence-electron chi connectivity index (χ4n) is 3.59. The number of rotatable bonds is 4. The predicted molar refractivity (Wildman–Crippen MR) is 121 cm³/mol. The van der Waals surface area contributed by atoms with Gasteiger partial charge in [-0.05, 0) is 54.8 Å². The lowest BCUT2D eigenvalue weighted by atomic mass is 9.91. The lowest BCUT2D eigenvalue weighted by molar-refractivity contribution is 0.104. The van der Waals surface area contributed by atoms with Gasteiger partial charge in [-0.3, -0.25) is 9.78 Å². The predicted octanol–water partition coefficient (Wildman–Crippen LogP) is 7.07. The zero-order chi connectivity index (χ0) is 20.4. The van der Waals surface area contributed by atoms with Crippen LogP contribution in [0.1, 0.15) is 27.2 Å². The molecule has 2 nitrogen and oxygen atoms in total. The number of halogens is 1. The molecule has 29 heavy (non-hydrogen) atoms. The van der Waals surface area contributed by atoms with Gasteiger partial charge in [0, 0.05) is 21.7 Å². The van der Waals surface area contributed by atoms with Crippen molar-refractivity contribution in [3.63, 3.8) is 0 Å². The summed E-state index contributed by atoms with van der Waals surface area (Å²) in [5, 5.41) is 1.50. The number of ketones is 1. The molecule has 0 radical (unpaired) electrons. The van der Waals surface area contributed by atoms with Crippen molar-refractivity contribution in [2.75, 3.05) is 0 Å². The highest BCUT2D eigenvalue weighted by Crippen LogP contribution is 2.35. The van der Waals surface area contributed by atoms with Gasteiger partial charge in [0.15, 0.2) is 5.78 Å². The molecule has 142 valence electrons. The maximum Gasteiger partial charge on any atom is 0.188 e. The van der Waals surface area contributed by atoms with Crippen molar-refractivity contribution in [3.8, 4) is 11.1 Å². The van der Waals surface area contributed by atoms with Gasteiger partial charge in [0.05, 0.1) is 11.1 Å². The summed E-state index contributed by atoms with van der Waals surface area (Å²) in [5.74, 6) is -0.0704. The molecular formula is C26H20ClNO. The monoisotopic (exact) mass is 397 g/mol. The maximum absolute atomic E-state index is 13.3. The molecule has 0 atom stereocenters. The van der Waals surface area contributed by atoms with E-state index < -0.39 is 0 Å². The Morgan fingerprint density at radius 2 is 1.66 bits per heavy atom. The Kier molecular flexibility index (Phi) is 5.28. The Labute approximate surface area is 175 Å². The van der Waals surface area contributed by atoms with E-state index in [2.05, 4.69) is 4.98 Å². The SMILES string of the molecule is Cc1ccccc1/C=C\C(=O)c1c(C)nc2ccc(Cl)cc2c1-c1ccccc1. The van der Waals surface area contributed by atoms with Gasteiger partial charge in [-0.1, -0.05) is 72.3 Å². The molecule has 0 fully saturated rings. The number of hydrogen-bond acceptors (Lipinski definition) is 2. The number of carbonyl (C=O) groups is 1. The van der Waals surface area contributed by atoms with Crippen LogP contribution in [0.4, 0.5) is 0 Å². The molecule has 1 heterocycles. The van der Waals surface area contributed by atoms with Crippen LogP contribution in [0.5, 0.6) is 0 Å². The van der Waals surface area contributed by atoms with Crippen molar-refractivity contribution >= 4 is 34.4 Å². The molecule has 1 aromatic heterocycles. The van der Waals surface area contributed by atoms with Crippen LogP contribution < -0.4 is 0 Å². The number of pyridine rings is 1. The lowest BCUT2D eigenvalue weighted by Crippen LogP contribution is -2.05. The third-order valence-electron chi connectivity index (χ3n) is 5.04. The molecule has 0 aliphatic carbocycles. The first-order valence-corrected chi connectivity index (χ1v) is 9.86. The molecule has 0 aliphatic rings. The minimum absolute atomic E-state index is 0.0704. The second-order valence-electron chi connectivity index (χ2n) is 7.03. The number of fused-ring (bicyclic) bond motifs is 1. The average molecular weight is 398 g/mol. The van der Waals surface area contributed by atoms with E-state index >= 15 is 0 Å². The van der Waals surface area contributed by atoms with Crippen LogP contribution in [0.25, 0.3) is 28.1 Å². The lowest BCUT2D eigenvalue weighted by Gasteiger charge is -2.14. The van der Waals surface area contributed by atoms with Crippen LogP contribution >= 0.6 is 11.6 Å². The van der Waals surface area contributed by atoms with Gasteiger partial charge >= 0.3 is 0 Å². The normalized spacial score (nSPS) is 11.3. The summed E-state index contributed by atoms with van der Waals surface area (Å²) in [6.07, 6.45) is 3.50. The Morgan fingerprint density at radius 3 is 2.41 bits per heavy atom. The average Bonchev–Trinajstić information content (AvgIpc) is 2.73. The van der Waals surface area contributed by atoms with Crippen LogP contribution in [0, 0.1) is 13.8 Å². The number of aromatic nitrogens is 1. The Bertz CT molecular complexity index is 1240. The van der Waals surface area contributed by atoms with Crippen LogP contribution in [0.15, 0.2) is 78.9 Å². The summed E-state index contributed by atoms with van der Waals surface area (Å²) in [5.41, 5.74) is 6.13. The van der Waals surface area contributed by atoms with E-state index in [9.17, 15) is 4.79 Å². The Morgan fingerprint density at radius 1 is 0.931 bits per heavy atom. The number of benzene rings is 3. The number of nitrogens with zero attached hydrogens (tertiary/aromatic N) is 1. The number of allylic oxidation sites excluding steroid dienone is 1. The second-order valence-corrected chi connectivity index (χ2v) is 7.47. The van der Waals surface area contributed by atoms with Gasteiger partial charge in [-0.25, -0.2) is 0 Å². The van der Waals surface area contributed by atoms with E-state index in [-0.39, 0.29) is 5.78 Å². The van der Waals surface area contributed by atoms with Gasteiger partial charge in [0.1, 0.15) is 0 Å². The number of aryl methyl sites for hydroxylation is 2. The summed E-state index contributed by atoms with van der Waals surface area (Å²) in [7, 11) is 0. The first-order valence-electron chi connectivity index (χ1n) is 9.48. The van der Waals surface area contributed by atoms with Crippen molar-refractivity contribution in [3.05, 3.63) is 106 Å². The quantitative estimate of drug-likeness (QED) is 0.272. The molecule has 0 spiro atoms. The summed E-state index contributed by atoms with van der Waals surface area (Å²) in [4.78, 5) is 18.0. The molecule has 0 aliphatic heterocycles. The van der Waals surface area contributed by atoms with Crippen LogP contribution in [-0.2, 0) is 0 Å². The van der Waals surface area contributed by atoms with Gasteiger partial charge < -0.3 is 0 Å². The fourth-order valence-corrected chi connectivity index (χ4v) is 3.76. The number of hydrogen-bond donors (Lipinski definition) is 0. The highest BCUT2D eigenvalue weighted by atomic mass is 35.5. The van der Waals surface area contributed by atoms with Crippen LogP contribution in [0.2, 0.25) is 5.02 Å². The molecule has 0 unspecified atom stereocenters. The summed E-state index contributed by atoms with van der Waals surface area (Å²) in [6, 6.07) is 23.5. The third kappa shape index (κ3) is 3.85. The van der Waals surface area contributed by atoms with Gasteiger partial charge in [0.2, 0.25) is 0 Å². The standard InChI is InChI=1S/C26H20ClNO/c1-17-8-6-7-9-19(17)12-15-24(29)25-18(2)28-23-14-13-21(27)16-22(23)26(25)20-10-4-3-5-11-20/h3-16H,1-2H3/b15-12-. The van der Waals surface area contributed by atoms with Crippen molar-refractivity contribution in [2.24, 2.45) is 0 Å². The van der Waals surface area contributed by atoms with Crippen molar-refractivity contribution in [2.45, 2.75) is 13.8 Å². The van der Waals surface area contributed by atoms with Gasteiger partial charge in [0.25, 0.3) is 0 Å². The van der Waals surface area contributed by atoms with E-state index in [0.29, 0.717) is 16.3 Å². The molecule has 0 saturated carbocycles. The van der Waals surface area contributed by atoms with Crippen molar-refractivity contribution in [1.82, 2.24) is 4.98 Å². The molecule has 4 aromatic rings. The first-order chi connectivity index (χ1) is 14.0. The van der Waals surface area contributed by atoms with E-state index in [1.165, 1.54) is 0 Å². The summed E-state index contributed by atoms with van der Waals surface area (Å²) >= 11 is 6.28. The molecule has 4 rings (SSSR count). The second kappa shape index (κ2) is 8.02. The molecule has 0 bridgehead atoms. The zero-order valence-electron chi connectivity index (χ0n) is 16.3. The molecule has 0 saturated heterocycles. The molecule has 3 heteroatoms. The third-order valence-corrected chi connectivity index (χ3v) is 5.27. The highest BCUT2D eigenvalue weighted by molar-refractivity contribution is 6.31. The van der Waals surface area contributed by atoms with E-state index in [4.69, 9.17) is 11.6 Å². The molecule has 0 amide bonds. The molecule has 0 N–H and O–H groups in total. The van der Waals surface area contributed by atoms with Crippen LogP contribution in [0.3, 0.4) is 0 Å². The Hall–Kier alpha value is -3.23. The van der Waals surface area contributed by atoms with Crippen molar-refractivity contribution < 1.29 is 4.79 Å². The van der Waals surface area contributed by atoms with Gasteiger partial charge in [-0.15, -0.1) is 0 Å². The first kappa shape index (κ1) is 19.1. The smallest absolute Gasteiger partial charge is 0.188 e. The maximum atomic E-state index is 13.3. The van der Waals surface area contributed by atoms with Crippen molar-refractivity contribution in [1.29, 1.82) is 0 Å².